The lowest BCUT2D eigenvalue weighted by atomic mass is 10.3. The molecule has 0 aliphatic carbocycles. The van der Waals surface area contributed by atoms with Crippen LogP contribution in [0.5, 0.6) is 0 Å². The second-order valence-electron chi connectivity index (χ2n) is 3.22. The van der Waals surface area contributed by atoms with Crippen LogP contribution < -0.4 is 0 Å². The fourth-order valence-corrected chi connectivity index (χ4v) is 1.35. The minimum absolute atomic E-state index is 0.361. The van der Waals surface area contributed by atoms with E-state index >= 15 is 0 Å². The molecule has 2 aromatic rings. The molecule has 0 bridgehead atoms. The predicted molar refractivity (Wildman–Crippen MR) is 52.3 cm³/mol. The van der Waals surface area contributed by atoms with Crippen molar-refractivity contribution >= 4 is 6.29 Å². The number of hydrogen-bond acceptors (Lipinski definition) is 4. The number of aryl methyl sites for hydroxylation is 3. The Bertz CT molecular complexity index is 459. The first-order valence-electron chi connectivity index (χ1n) is 4.62. The number of carbonyl (C=O) groups is 1. The number of nitrogens with zero attached hydrogens (tertiary/aromatic N) is 5. The first kappa shape index (κ1) is 9.57. The van der Waals surface area contributed by atoms with Gasteiger partial charge >= 0.3 is 0 Å². The van der Waals surface area contributed by atoms with Gasteiger partial charge in [0.15, 0.2) is 6.29 Å². The lowest BCUT2D eigenvalue weighted by molar-refractivity contribution is 0.111. The molecule has 0 fully saturated rings. The van der Waals surface area contributed by atoms with E-state index in [1.807, 2.05) is 17.8 Å². The standard InChI is InChI=1S/C9H11N5O/c1-13-9(2-4-10-13)3-5-14-6-8(7-15)11-12-14/h2,4,6-7H,3,5H2,1H3. The monoisotopic (exact) mass is 205 g/mol. The van der Waals surface area contributed by atoms with E-state index in [-0.39, 0.29) is 0 Å². The molecular weight excluding hydrogens is 194 g/mol. The van der Waals surface area contributed by atoms with E-state index in [2.05, 4.69) is 15.4 Å². The smallest absolute Gasteiger partial charge is 0.171 e. The van der Waals surface area contributed by atoms with E-state index in [4.69, 9.17) is 0 Å². The number of aromatic nitrogens is 5. The normalized spacial score (nSPS) is 10.5. The fourth-order valence-electron chi connectivity index (χ4n) is 1.35. The van der Waals surface area contributed by atoms with Gasteiger partial charge in [-0.05, 0) is 6.07 Å². The van der Waals surface area contributed by atoms with Crippen molar-refractivity contribution in [2.24, 2.45) is 7.05 Å². The largest absolute Gasteiger partial charge is 0.296 e. The summed E-state index contributed by atoms with van der Waals surface area (Å²) in [5.41, 5.74) is 1.48. The van der Waals surface area contributed by atoms with Crippen LogP contribution in [0.1, 0.15) is 16.2 Å². The summed E-state index contributed by atoms with van der Waals surface area (Å²) < 4.78 is 3.47. The minimum atomic E-state index is 0.361. The highest BCUT2D eigenvalue weighted by atomic mass is 16.1. The fraction of sp³-hybridized carbons (Fsp3) is 0.333. The molecular formula is C9H11N5O. The first-order chi connectivity index (χ1) is 7.29. The Hall–Kier alpha value is -1.98. The van der Waals surface area contributed by atoms with Gasteiger partial charge < -0.3 is 0 Å². The summed E-state index contributed by atoms with van der Waals surface area (Å²) in [6.45, 7) is 0.695. The maximum atomic E-state index is 10.4. The molecule has 2 rings (SSSR count). The van der Waals surface area contributed by atoms with Crippen LogP contribution in [-0.2, 0) is 20.0 Å². The Balaban J connectivity index is 1.99. The summed E-state index contributed by atoms with van der Waals surface area (Å²) >= 11 is 0. The number of rotatable bonds is 4. The Labute approximate surface area is 86.5 Å². The molecule has 6 heteroatoms. The van der Waals surface area contributed by atoms with Crippen molar-refractivity contribution in [2.45, 2.75) is 13.0 Å². The molecule has 0 aromatic carbocycles. The van der Waals surface area contributed by atoms with Gasteiger partial charge in [0.25, 0.3) is 0 Å². The highest BCUT2D eigenvalue weighted by Crippen LogP contribution is 1.99. The third-order valence-corrected chi connectivity index (χ3v) is 2.20. The molecule has 0 unspecified atom stereocenters. The van der Waals surface area contributed by atoms with Gasteiger partial charge in [-0.3, -0.25) is 14.2 Å². The van der Waals surface area contributed by atoms with Gasteiger partial charge in [-0.15, -0.1) is 5.10 Å². The SMILES string of the molecule is Cn1nccc1CCn1cc(C=O)nn1. The highest BCUT2D eigenvalue weighted by Gasteiger charge is 2.01. The lowest BCUT2D eigenvalue weighted by Gasteiger charge is -2.00. The van der Waals surface area contributed by atoms with Crippen molar-refractivity contribution in [3.05, 3.63) is 29.8 Å². The minimum Gasteiger partial charge on any atom is -0.296 e. The Kier molecular flexibility index (Phi) is 2.57. The number of hydrogen-bond donors (Lipinski definition) is 0. The van der Waals surface area contributed by atoms with Crippen molar-refractivity contribution < 1.29 is 4.79 Å². The van der Waals surface area contributed by atoms with Gasteiger partial charge in [0, 0.05) is 31.9 Å². The van der Waals surface area contributed by atoms with Gasteiger partial charge in [-0.25, -0.2) is 0 Å². The van der Waals surface area contributed by atoms with Gasteiger partial charge in [0.2, 0.25) is 0 Å². The third-order valence-electron chi connectivity index (χ3n) is 2.20. The van der Waals surface area contributed by atoms with Crippen LogP contribution >= 0.6 is 0 Å². The molecule has 0 aliphatic rings. The van der Waals surface area contributed by atoms with E-state index in [1.165, 1.54) is 0 Å². The quantitative estimate of drug-likeness (QED) is 0.662. The van der Waals surface area contributed by atoms with Crippen LogP contribution in [0.3, 0.4) is 0 Å². The molecule has 15 heavy (non-hydrogen) atoms. The van der Waals surface area contributed by atoms with Gasteiger partial charge in [-0.1, -0.05) is 5.21 Å². The Morgan fingerprint density at radius 2 is 2.40 bits per heavy atom. The average Bonchev–Trinajstić information content (AvgIpc) is 2.84. The second kappa shape index (κ2) is 4.04. The lowest BCUT2D eigenvalue weighted by Crippen LogP contribution is -2.05. The molecule has 0 atom stereocenters. The van der Waals surface area contributed by atoms with Crippen molar-refractivity contribution in [1.82, 2.24) is 24.8 Å². The summed E-state index contributed by atoms with van der Waals surface area (Å²) in [5, 5.41) is 11.6. The Morgan fingerprint density at radius 3 is 3.00 bits per heavy atom. The van der Waals surface area contributed by atoms with Gasteiger partial charge in [-0.2, -0.15) is 5.10 Å². The van der Waals surface area contributed by atoms with Crippen molar-refractivity contribution in [3.8, 4) is 0 Å². The molecule has 0 radical (unpaired) electrons. The van der Waals surface area contributed by atoms with Crippen LogP contribution in [0.2, 0.25) is 0 Å². The molecule has 2 aromatic heterocycles. The molecule has 2 heterocycles. The topological polar surface area (TPSA) is 65.6 Å². The van der Waals surface area contributed by atoms with Crippen LogP contribution in [0.25, 0.3) is 0 Å². The van der Waals surface area contributed by atoms with Crippen molar-refractivity contribution in [1.29, 1.82) is 0 Å². The number of aldehydes is 1. The summed E-state index contributed by atoms with van der Waals surface area (Å²) in [4.78, 5) is 10.4. The van der Waals surface area contributed by atoms with Crippen LogP contribution in [-0.4, -0.2) is 31.1 Å². The predicted octanol–water partition coefficient (Wildman–Crippen LogP) is 0.0668. The maximum absolute atomic E-state index is 10.4. The molecule has 0 amide bonds. The molecule has 6 nitrogen and oxygen atoms in total. The zero-order valence-electron chi connectivity index (χ0n) is 8.37. The van der Waals surface area contributed by atoms with Crippen molar-refractivity contribution in [3.63, 3.8) is 0 Å². The molecule has 0 saturated heterocycles. The van der Waals surface area contributed by atoms with Crippen LogP contribution in [0.15, 0.2) is 18.5 Å². The zero-order chi connectivity index (χ0) is 10.7. The average molecular weight is 205 g/mol. The zero-order valence-corrected chi connectivity index (χ0v) is 8.37. The van der Waals surface area contributed by atoms with Crippen LogP contribution in [0.4, 0.5) is 0 Å². The van der Waals surface area contributed by atoms with E-state index in [1.54, 1.807) is 17.1 Å². The highest BCUT2D eigenvalue weighted by molar-refractivity contribution is 5.70. The molecule has 0 N–H and O–H groups in total. The molecule has 0 saturated carbocycles. The first-order valence-corrected chi connectivity index (χ1v) is 4.62. The molecule has 0 aliphatic heterocycles. The number of carbonyl (C=O) groups excluding carboxylic acids is 1. The van der Waals surface area contributed by atoms with Gasteiger partial charge in [0.1, 0.15) is 5.69 Å². The maximum Gasteiger partial charge on any atom is 0.171 e. The van der Waals surface area contributed by atoms with E-state index in [9.17, 15) is 4.79 Å². The summed E-state index contributed by atoms with van der Waals surface area (Å²) in [6.07, 6.45) is 4.89. The summed E-state index contributed by atoms with van der Waals surface area (Å²) in [6, 6.07) is 1.96. The third kappa shape index (κ3) is 2.09. The van der Waals surface area contributed by atoms with Gasteiger partial charge in [0.05, 0.1) is 6.20 Å². The van der Waals surface area contributed by atoms with Crippen LogP contribution in [0, 0.1) is 0 Å². The second-order valence-corrected chi connectivity index (χ2v) is 3.22. The molecule has 0 spiro atoms. The summed E-state index contributed by atoms with van der Waals surface area (Å²) in [5.74, 6) is 0. The van der Waals surface area contributed by atoms with E-state index in [0.717, 1.165) is 12.1 Å². The van der Waals surface area contributed by atoms with Crippen molar-refractivity contribution in [2.75, 3.05) is 0 Å². The molecule has 78 valence electrons. The van der Waals surface area contributed by atoms with E-state index in [0.29, 0.717) is 18.5 Å². The van der Waals surface area contributed by atoms with E-state index < -0.39 is 0 Å². The Morgan fingerprint density at radius 1 is 1.53 bits per heavy atom. The summed E-state index contributed by atoms with van der Waals surface area (Å²) in [7, 11) is 1.90.